The minimum Gasteiger partial charge on any atom is -0.356 e. The second kappa shape index (κ2) is 6.60. The number of amides is 1. The third-order valence-electron chi connectivity index (χ3n) is 2.34. The lowest BCUT2D eigenvalue weighted by Gasteiger charge is -2.08. The van der Waals surface area contributed by atoms with E-state index in [1.165, 1.54) is 0 Å². The second-order valence-corrected chi connectivity index (χ2v) is 4.89. The largest absolute Gasteiger partial charge is 0.356 e. The molecule has 4 nitrogen and oxygen atoms in total. The van der Waals surface area contributed by atoms with Crippen LogP contribution in [0.5, 0.6) is 0 Å². The first-order valence-corrected chi connectivity index (χ1v) is 6.43. The number of aryl methyl sites for hydroxylation is 1. The van der Waals surface area contributed by atoms with Crippen molar-refractivity contribution in [2.75, 3.05) is 6.54 Å². The Kier molecular flexibility index (Phi) is 5.42. The van der Waals surface area contributed by atoms with E-state index in [0.717, 1.165) is 23.5 Å². The molecule has 3 N–H and O–H groups in total. The highest BCUT2D eigenvalue weighted by molar-refractivity contribution is 7.09. The Bertz CT molecular complexity index is 338. The van der Waals surface area contributed by atoms with E-state index in [9.17, 15) is 4.79 Å². The first kappa shape index (κ1) is 13.1. The number of carbonyl (C=O) groups is 1. The van der Waals surface area contributed by atoms with Crippen molar-refractivity contribution in [3.63, 3.8) is 0 Å². The summed E-state index contributed by atoms with van der Waals surface area (Å²) in [5.41, 5.74) is 6.73. The summed E-state index contributed by atoms with van der Waals surface area (Å²) in [6.45, 7) is 4.60. The molecule has 0 bridgehead atoms. The third-order valence-corrected chi connectivity index (χ3v) is 3.16. The maximum absolute atomic E-state index is 11.4. The van der Waals surface area contributed by atoms with Gasteiger partial charge in [-0.25, -0.2) is 4.98 Å². The van der Waals surface area contributed by atoms with Gasteiger partial charge in [-0.05, 0) is 13.3 Å². The van der Waals surface area contributed by atoms with Crippen LogP contribution >= 0.6 is 11.3 Å². The van der Waals surface area contributed by atoms with Gasteiger partial charge in [0.2, 0.25) is 5.91 Å². The van der Waals surface area contributed by atoms with Gasteiger partial charge in [-0.15, -0.1) is 11.3 Å². The van der Waals surface area contributed by atoms with Crippen LogP contribution in [0.2, 0.25) is 0 Å². The average Bonchev–Trinajstić information content (AvgIpc) is 2.64. The molecular weight excluding hydrogens is 222 g/mol. The quantitative estimate of drug-likeness (QED) is 0.787. The first-order chi connectivity index (χ1) is 7.61. The Morgan fingerprint density at radius 2 is 2.44 bits per heavy atom. The van der Waals surface area contributed by atoms with E-state index in [2.05, 4.69) is 10.3 Å². The van der Waals surface area contributed by atoms with Gasteiger partial charge in [0.15, 0.2) is 0 Å². The topological polar surface area (TPSA) is 68.0 Å². The van der Waals surface area contributed by atoms with Crippen LogP contribution in [0.1, 0.15) is 30.5 Å². The van der Waals surface area contributed by atoms with Gasteiger partial charge in [0.1, 0.15) is 0 Å². The molecule has 1 rings (SSSR count). The van der Waals surface area contributed by atoms with Crippen molar-refractivity contribution in [2.45, 2.75) is 39.2 Å². The lowest BCUT2D eigenvalue weighted by Crippen LogP contribution is -2.32. The summed E-state index contributed by atoms with van der Waals surface area (Å²) in [6.07, 6.45) is 2.03. The van der Waals surface area contributed by atoms with Crippen molar-refractivity contribution < 1.29 is 4.79 Å². The highest BCUT2D eigenvalue weighted by atomic mass is 32.1. The molecule has 0 saturated heterocycles. The summed E-state index contributed by atoms with van der Waals surface area (Å²) >= 11 is 1.63. The normalized spacial score (nSPS) is 12.4. The Balaban J connectivity index is 2.18. The minimum atomic E-state index is -0.0264. The average molecular weight is 241 g/mol. The van der Waals surface area contributed by atoms with E-state index in [1.807, 2.05) is 19.2 Å². The van der Waals surface area contributed by atoms with Crippen LogP contribution in [0.4, 0.5) is 0 Å². The SMILES string of the molecule is CCC(N)CC(=O)NCCc1csc(C)n1. The van der Waals surface area contributed by atoms with E-state index in [-0.39, 0.29) is 11.9 Å². The van der Waals surface area contributed by atoms with Crippen molar-refractivity contribution in [1.29, 1.82) is 0 Å². The molecule has 1 amide bonds. The molecule has 0 aliphatic rings. The van der Waals surface area contributed by atoms with Gasteiger partial charge in [0.05, 0.1) is 10.7 Å². The van der Waals surface area contributed by atoms with E-state index in [0.29, 0.717) is 13.0 Å². The highest BCUT2D eigenvalue weighted by Crippen LogP contribution is 2.07. The maximum Gasteiger partial charge on any atom is 0.221 e. The van der Waals surface area contributed by atoms with Gasteiger partial charge in [-0.2, -0.15) is 0 Å². The van der Waals surface area contributed by atoms with Crippen LogP contribution < -0.4 is 11.1 Å². The van der Waals surface area contributed by atoms with Crippen LogP contribution in [-0.4, -0.2) is 23.5 Å². The molecular formula is C11H19N3OS. The molecule has 1 atom stereocenters. The Hall–Kier alpha value is -0.940. The lowest BCUT2D eigenvalue weighted by atomic mass is 10.1. The zero-order valence-corrected chi connectivity index (χ0v) is 10.6. The maximum atomic E-state index is 11.4. The number of carbonyl (C=O) groups excluding carboxylic acids is 1. The van der Waals surface area contributed by atoms with Gasteiger partial charge in [0.25, 0.3) is 0 Å². The standard InChI is InChI=1S/C11H19N3OS/c1-3-9(12)6-11(15)13-5-4-10-7-16-8(2)14-10/h7,9H,3-6,12H2,1-2H3,(H,13,15). The number of aromatic nitrogens is 1. The minimum absolute atomic E-state index is 0.0264. The van der Waals surface area contributed by atoms with E-state index >= 15 is 0 Å². The molecule has 1 unspecified atom stereocenters. The van der Waals surface area contributed by atoms with Crippen LogP contribution in [0.3, 0.4) is 0 Å². The monoisotopic (exact) mass is 241 g/mol. The summed E-state index contributed by atoms with van der Waals surface area (Å²) in [7, 11) is 0. The number of nitrogens with one attached hydrogen (secondary N) is 1. The van der Waals surface area contributed by atoms with Gasteiger partial charge in [-0.3, -0.25) is 4.79 Å². The molecule has 0 aromatic carbocycles. The summed E-state index contributed by atoms with van der Waals surface area (Å²) in [6, 6.07) is -0.0264. The van der Waals surface area contributed by atoms with Crippen molar-refractivity contribution in [2.24, 2.45) is 5.73 Å². The number of nitrogens with two attached hydrogens (primary N) is 1. The van der Waals surface area contributed by atoms with Gasteiger partial charge in [0, 0.05) is 30.8 Å². The summed E-state index contributed by atoms with van der Waals surface area (Å²) in [5.74, 6) is 0.0290. The second-order valence-electron chi connectivity index (χ2n) is 3.83. The third kappa shape index (κ3) is 4.72. The van der Waals surface area contributed by atoms with Crippen LogP contribution in [0.25, 0.3) is 0 Å². The molecule has 0 fully saturated rings. The molecule has 0 aliphatic heterocycles. The molecule has 0 aliphatic carbocycles. The lowest BCUT2D eigenvalue weighted by molar-refractivity contribution is -0.121. The van der Waals surface area contributed by atoms with E-state index < -0.39 is 0 Å². The number of thiazole rings is 1. The van der Waals surface area contributed by atoms with Crippen LogP contribution in [0.15, 0.2) is 5.38 Å². The Morgan fingerprint density at radius 3 is 3.00 bits per heavy atom. The fraction of sp³-hybridized carbons (Fsp3) is 0.636. The molecule has 1 heterocycles. The molecule has 0 radical (unpaired) electrons. The number of hydrogen-bond acceptors (Lipinski definition) is 4. The van der Waals surface area contributed by atoms with Crippen molar-refractivity contribution in [1.82, 2.24) is 10.3 Å². The van der Waals surface area contributed by atoms with Crippen molar-refractivity contribution in [3.05, 3.63) is 16.1 Å². The zero-order valence-electron chi connectivity index (χ0n) is 9.82. The van der Waals surface area contributed by atoms with Crippen LogP contribution in [-0.2, 0) is 11.2 Å². The van der Waals surface area contributed by atoms with Crippen LogP contribution in [0, 0.1) is 6.92 Å². The highest BCUT2D eigenvalue weighted by Gasteiger charge is 2.07. The Morgan fingerprint density at radius 1 is 1.69 bits per heavy atom. The van der Waals surface area contributed by atoms with E-state index in [1.54, 1.807) is 11.3 Å². The molecule has 16 heavy (non-hydrogen) atoms. The fourth-order valence-corrected chi connectivity index (χ4v) is 1.95. The molecule has 0 saturated carbocycles. The summed E-state index contributed by atoms with van der Waals surface area (Å²) in [5, 5.41) is 5.94. The fourth-order valence-electron chi connectivity index (χ4n) is 1.31. The summed E-state index contributed by atoms with van der Waals surface area (Å²) < 4.78 is 0. The van der Waals surface area contributed by atoms with Gasteiger partial charge < -0.3 is 11.1 Å². The number of rotatable bonds is 6. The van der Waals surface area contributed by atoms with Crippen molar-refractivity contribution >= 4 is 17.2 Å². The Labute approximate surface area is 100 Å². The number of hydrogen-bond donors (Lipinski definition) is 2. The predicted octanol–water partition coefficient (Wildman–Crippen LogP) is 1.24. The molecule has 90 valence electrons. The first-order valence-electron chi connectivity index (χ1n) is 5.55. The number of nitrogens with zero attached hydrogens (tertiary/aromatic N) is 1. The summed E-state index contributed by atoms with van der Waals surface area (Å²) in [4.78, 5) is 15.7. The molecule has 5 heteroatoms. The van der Waals surface area contributed by atoms with E-state index in [4.69, 9.17) is 5.73 Å². The predicted molar refractivity (Wildman–Crippen MR) is 66.4 cm³/mol. The molecule has 1 aromatic heterocycles. The van der Waals surface area contributed by atoms with Gasteiger partial charge >= 0.3 is 0 Å². The molecule has 0 spiro atoms. The molecule has 1 aromatic rings. The smallest absolute Gasteiger partial charge is 0.221 e. The van der Waals surface area contributed by atoms with Gasteiger partial charge in [-0.1, -0.05) is 6.92 Å². The zero-order chi connectivity index (χ0) is 12.0. The van der Waals surface area contributed by atoms with Crippen molar-refractivity contribution in [3.8, 4) is 0 Å².